The summed E-state index contributed by atoms with van der Waals surface area (Å²) in [6.45, 7) is 0. The van der Waals surface area contributed by atoms with Gasteiger partial charge in [-0.2, -0.15) is 0 Å². The van der Waals surface area contributed by atoms with Crippen LogP contribution >= 0.6 is 15.9 Å². The number of hydrogen-bond acceptors (Lipinski definition) is 4. The number of nitrogens with zero attached hydrogens (tertiary/aromatic N) is 1. The van der Waals surface area contributed by atoms with Crippen LogP contribution in [0.15, 0.2) is 34.8 Å². The lowest BCUT2D eigenvalue weighted by atomic mass is 10.3. The molecular weight excluding hydrogens is 287 g/mol. The summed E-state index contributed by atoms with van der Waals surface area (Å²) in [6, 6.07) is 7.93. The largest absolute Gasteiger partial charge is 0.396 e. The molecule has 0 atom stereocenters. The van der Waals surface area contributed by atoms with Crippen molar-refractivity contribution in [3.63, 3.8) is 0 Å². The fourth-order valence-electron chi connectivity index (χ4n) is 1.30. The quantitative estimate of drug-likeness (QED) is 0.796. The molecule has 2 rings (SSSR count). The molecule has 0 spiro atoms. The highest BCUT2D eigenvalue weighted by Crippen LogP contribution is 2.28. The zero-order valence-electron chi connectivity index (χ0n) is 8.74. The number of anilines is 4. The van der Waals surface area contributed by atoms with Crippen molar-refractivity contribution < 1.29 is 4.39 Å². The van der Waals surface area contributed by atoms with Crippen LogP contribution in [-0.2, 0) is 0 Å². The molecule has 6 heteroatoms. The van der Waals surface area contributed by atoms with E-state index in [1.807, 2.05) is 0 Å². The van der Waals surface area contributed by atoms with E-state index in [1.165, 1.54) is 6.07 Å². The first-order valence-corrected chi connectivity index (χ1v) is 5.60. The van der Waals surface area contributed by atoms with Gasteiger partial charge < -0.3 is 16.8 Å². The number of pyridine rings is 1. The Hall–Kier alpha value is -1.82. The van der Waals surface area contributed by atoms with Crippen LogP contribution in [0.2, 0.25) is 0 Å². The third-order valence-electron chi connectivity index (χ3n) is 2.17. The maximum absolute atomic E-state index is 13.5. The average molecular weight is 297 g/mol. The van der Waals surface area contributed by atoms with Crippen molar-refractivity contribution in [2.75, 3.05) is 16.8 Å². The summed E-state index contributed by atoms with van der Waals surface area (Å²) in [4.78, 5) is 4.00. The van der Waals surface area contributed by atoms with Crippen molar-refractivity contribution in [3.8, 4) is 0 Å². The van der Waals surface area contributed by atoms with E-state index in [9.17, 15) is 4.39 Å². The molecule has 0 saturated heterocycles. The standard InChI is InChI=1S/C11H10BrFN4/c12-6-2-1-3-7(13)10(6)16-9-5-4-8(14)11(15)17-9/h1-5H,14H2,(H3,15,16,17). The van der Waals surface area contributed by atoms with Gasteiger partial charge in [-0.25, -0.2) is 9.37 Å². The van der Waals surface area contributed by atoms with Gasteiger partial charge in [0.15, 0.2) is 0 Å². The molecule has 17 heavy (non-hydrogen) atoms. The summed E-state index contributed by atoms with van der Waals surface area (Å²) in [5.41, 5.74) is 11.8. The second-order valence-electron chi connectivity index (χ2n) is 3.39. The first-order chi connectivity index (χ1) is 8.08. The minimum atomic E-state index is -0.378. The van der Waals surface area contributed by atoms with Gasteiger partial charge in [-0.1, -0.05) is 6.07 Å². The highest BCUT2D eigenvalue weighted by Gasteiger charge is 2.07. The number of hydrogen-bond donors (Lipinski definition) is 3. The number of nitrogens with one attached hydrogen (secondary N) is 1. The lowest BCUT2D eigenvalue weighted by Gasteiger charge is -2.09. The minimum absolute atomic E-state index is 0.211. The number of para-hydroxylation sites is 1. The van der Waals surface area contributed by atoms with Crippen LogP contribution in [0.4, 0.5) is 27.4 Å². The van der Waals surface area contributed by atoms with E-state index < -0.39 is 0 Å². The van der Waals surface area contributed by atoms with Gasteiger partial charge in [0.25, 0.3) is 0 Å². The molecule has 4 nitrogen and oxygen atoms in total. The van der Waals surface area contributed by atoms with Crippen molar-refractivity contribution in [2.45, 2.75) is 0 Å². The number of halogens is 2. The molecule has 1 aromatic heterocycles. The minimum Gasteiger partial charge on any atom is -0.396 e. The molecule has 0 bridgehead atoms. The van der Waals surface area contributed by atoms with E-state index in [0.29, 0.717) is 21.7 Å². The third kappa shape index (κ3) is 2.47. The number of nitrogen functional groups attached to an aromatic ring is 2. The summed E-state index contributed by atoms with van der Waals surface area (Å²) < 4.78 is 14.1. The van der Waals surface area contributed by atoms with E-state index in [4.69, 9.17) is 11.5 Å². The fourth-order valence-corrected chi connectivity index (χ4v) is 1.74. The van der Waals surface area contributed by atoms with Gasteiger partial charge in [0.05, 0.1) is 11.4 Å². The predicted octanol–water partition coefficient (Wildman–Crippen LogP) is 2.89. The zero-order chi connectivity index (χ0) is 12.4. The molecular formula is C11H10BrFN4. The Kier molecular flexibility index (Phi) is 3.14. The highest BCUT2D eigenvalue weighted by atomic mass is 79.9. The maximum Gasteiger partial charge on any atom is 0.149 e. The van der Waals surface area contributed by atoms with Crippen molar-refractivity contribution in [1.82, 2.24) is 4.98 Å². The van der Waals surface area contributed by atoms with Gasteiger partial charge in [0.2, 0.25) is 0 Å². The van der Waals surface area contributed by atoms with Crippen LogP contribution in [0.1, 0.15) is 0 Å². The van der Waals surface area contributed by atoms with Crippen LogP contribution in [-0.4, -0.2) is 4.98 Å². The molecule has 2 aromatic rings. The summed E-state index contributed by atoms with van der Waals surface area (Å²) in [7, 11) is 0. The lowest BCUT2D eigenvalue weighted by Crippen LogP contribution is -2.02. The average Bonchev–Trinajstić information content (AvgIpc) is 2.28. The Bertz CT molecular complexity index is 539. The van der Waals surface area contributed by atoms with Crippen molar-refractivity contribution in [2.24, 2.45) is 0 Å². The topological polar surface area (TPSA) is 77.0 Å². The number of rotatable bonds is 2. The van der Waals surface area contributed by atoms with E-state index in [2.05, 4.69) is 26.2 Å². The van der Waals surface area contributed by atoms with Gasteiger partial charge in [-0.3, -0.25) is 0 Å². The van der Waals surface area contributed by atoms with Crippen LogP contribution in [0.25, 0.3) is 0 Å². The molecule has 0 aliphatic carbocycles. The molecule has 1 aromatic carbocycles. The fraction of sp³-hybridized carbons (Fsp3) is 0. The van der Waals surface area contributed by atoms with Crippen molar-refractivity contribution in [1.29, 1.82) is 0 Å². The van der Waals surface area contributed by atoms with Gasteiger partial charge >= 0.3 is 0 Å². The molecule has 0 unspecified atom stereocenters. The molecule has 5 N–H and O–H groups in total. The Morgan fingerprint density at radius 3 is 2.59 bits per heavy atom. The van der Waals surface area contributed by atoms with Gasteiger partial charge in [-0.05, 0) is 40.2 Å². The van der Waals surface area contributed by atoms with E-state index in [1.54, 1.807) is 24.3 Å². The molecule has 0 amide bonds. The second-order valence-corrected chi connectivity index (χ2v) is 4.25. The summed E-state index contributed by atoms with van der Waals surface area (Å²) in [6.07, 6.45) is 0. The summed E-state index contributed by atoms with van der Waals surface area (Å²) >= 11 is 3.25. The SMILES string of the molecule is Nc1ccc(Nc2c(F)cccc2Br)nc1N. The smallest absolute Gasteiger partial charge is 0.149 e. The Labute approximate surface area is 106 Å². The maximum atomic E-state index is 13.5. The highest BCUT2D eigenvalue weighted by molar-refractivity contribution is 9.10. The van der Waals surface area contributed by atoms with Crippen LogP contribution < -0.4 is 16.8 Å². The van der Waals surface area contributed by atoms with E-state index in [-0.39, 0.29) is 11.6 Å². The van der Waals surface area contributed by atoms with Crippen molar-refractivity contribution in [3.05, 3.63) is 40.6 Å². The summed E-state index contributed by atoms with van der Waals surface area (Å²) in [5.74, 6) is 0.265. The first-order valence-electron chi connectivity index (χ1n) is 4.81. The molecule has 0 fully saturated rings. The van der Waals surface area contributed by atoms with Crippen LogP contribution in [0.5, 0.6) is 0 Å². The summed E-state index contributed by atoms with van der Waals surface area (Å²) in [5, 5.41) is 2.84. The Morgan fingerprint density at radius 1 is 1.18 bits per heavy atom. The third-order valence-corrected chi connectivity index (χ3v) is 2.83. The van der Waals surface area contributed by atoms with Crippen LogP contribution in [0, 0.1) is 5.82 Å². The lowest BCUT2D eigenvalue weighted by molar-refractivity contribution is 0.631. The number of nitrogens with two attached hydrogens (primary N) is 2. The number of benzene rings is 1. The molecule has 88 valence electrons. The van der Waals surface area contributed by atoms with Crippen molar-refractivity contribution >= 4 is 38.9 Å². The van der Waals surface area contributed by atoms with Gasteiger partial charge in [0.1, 0.15) is 17.5 Å². The van der Waals surface area contributed by atoms with Gasteiger partial charge in [0, 0.05) is 4.47 Å². The molecule has 1 heterocycles. The van der Waals surface area contributed by atoms with Gasteiger partial charge in [-0.15, -0.1) is 0 Å². The monoisotopic (exact) mass is 296 g/mol. The number of aromatic nitrogens is 1. The Balaban J connectivity index is 2.35. The molecule has 0 radical (unpaired) electrons. The second kappa shape index (κ2) is 4.58. The van der Waals surface area contributed by atoms with Crippen LogP contribution in [0.3, 0.4) is 0 Å². The van der Waals surface area contributed by atoms with E-state index in [0.717, 1.165) is 0 Å². The zero-order valence-corrected chi connectivity index (χ0v) is 10.3. The normalized spacial score (nSPS) is 10.2. The Morgan fingerprint density at radius 2 is 1.94 bits per heavy atom. The first kappa shape index (κ1) is 11.7. The van der Waals surface area contributed by atoms with E-state index >= 15 is 0 Å². The molecule has 0 aliphatic heterocycles. The predicted molar refractivity (Wildman–Crippen MR) is 70.4 cm³/mol. The molecule has 0 aliphatic rings. The molecule has 0 saturated carbocycles.